The zero-order valence-corrected chi connectivity index (χ0v) is 15.7. The molecular weight excluding hydrogens is 364 g/mol. The number of hydrogen-bond acceptors (Lipinski definition) is 3. The molecular formula is C20H21ClN4O2. The SMILES string of the molecule is CC(C(=O)N(Cc1ccc(Cl)cc1)c1ccc2[nH]c(=O)[nH]c2c1)C1CNC1. The molecule has 1 aromatic heterocycles. The van der Waals surface area contributed by atoms with Crippen LogP contribution < -0.4 is 15.9 Å². The van der Waals surface area contributed by atoms with E-state index in [1.807, 2.05) is 49.4 Å². The fraction of sp³-hybridized carbons (Fsp3) is 0.300. The van der Waals surface area contributed by atoms with Crippen LogP contribution >= 0.6 is 11.6 Å². The third-order valence-electron chi connectivity index (χ3n) is 5.24. The van der Waals surface area contributed by atoms with Gasteiger partial charge < -0.3 is 20.2 Å². The van der Waals surface area contributed by atoms with E-state index in [2.05, 4.69) is 15.3 Å². The second-order valence-corrected chi connectivity index (χ2v) is 7.50. The van der Waals surface area contributed by atoms with E-state index in [4.69, 9.17) is 11.6 Å². The molecule has 6 nitrogen and oxygen atoms in total. The predicted molar refractivity (Wildman–Crippen MR) is 107 cm³/mol. The summed E-state index contributed by atoms with van der Waals surface area (Å²) in [6.07, 6.45) is 0. The number of H-pyrrole nitrogens is 2. The van der Waals surface area contributed by atoms with Crippen molar-refractivity contribution in [2.75, 3.05) is 18.0 Å². The summed E-state index contributed by atoms with van der Waals surface area (Å²) >= 11 is 5.99. The molecule has 0 spiro atoms. The monoisotopic (exact) mass is 384 g/mol. The summed E-state index contributed by atoms with van der Waals surface area (Å²) in [5, 5.41) is 3.89. The van der Waals surface area contributed by atoms with Gasteiger partial charge in [-0.15, -0.1) is 0 Å². The first-order valence-electron chi connectivity index (χ1n) is 9.00. The Morgan fingerprint density at radius 1 is 1.15 bits per heavy atom. The maximum absolute atomic E-state index is 13.3. The number of benzene rings is 2. The Labute approximate surface area is 161 Å². The van der Waals surface area contributed by atoms with E-state index in [1.165, 1.54) is 0 Å². The summed E-state index contributed by atoms with van der Waals surface area (Å²) in [6.45, 7) is 4.16. The summed E-state index contributed by atoms with van der Waals surface area (Å²) in [5.74, 6) is 0.342. The molecule has 27 heavy (non-hydrogen) atoms. The largest absolute Gasteiger partial charge is 0.323 e. The maximum Gasteiger partial charge on any atom is 0.323 e. The zero-order chi connectivity index (χ0) is 19.0. The standard InChI is InChI=1S/C20H21ClN4O2/c1-12(14-9-22-10-14)19(26)25(11-13-2-4-15(21)5-3-13)16-6-7-17-18(8-16)24-20(27)23-17/h2-8,12,14,22H,9-11H2,1H3,(H2,23,24,27). The minimum atomic E-state index is -0.258. The minimum Gasteiger partial charge on any atom is -0.316 e. The van der Waals surface area contributed by atoms with Crippen molar-refractivity contribution >= 4 is 34.2 Å². The van der Waals surface area contributed by atoms with Gasteiger partial charge in [-0.2, -0.15) is 0 Å². The lowest BCUT2D eigenvalue weighted by molar-refractivity contribution is -0.124. The molecule has 1 aliphatic rings. The van der Waals surface area contributed by atoms with Crippen molar-refractivity contribution in [3.05, 3.63) is 63.5 Å². The van der Waals surface area contributed by atoms with Gasteiger partial charge in [0.2, 0.25) is 5.91 Å². The number of carbonyl (C=O) groups is 1. The van der Waals surface area contributed by atoms with Crippen molar-refractivity contribution in [2.24, 2.45) is 11.8 Å². The molecule has 2 aromatic carbocycles. The average molecular weight is 385 g/mol. The normalized spacial score (nSPS) is 15.5. The molecule has 0 radical (unpaired) electrons. The predicted octanol–water partition coefficient (Wildman–Crippen LogP) is 2.90. The van der Waals surface area contributed by atoms with Crippen LogP contribution in [0.4, 0.5) is 5.69 Å². The van der Waals surface area contributed by atoms with Gasteiger partial charge in [-0.05, 0) is 54.9 Å². The molecule has 1 aliphatic heterocycles. The van der Waals surface area contributed by atoms with Gasteiger partial charge in [0.1, 0.15) is 0 Å². The van der Waals surface area contributed by atoms with E-state index in [1.54, 1.807) is 4.90 Å². The van der Waals surface area contributed by atoms with Gasteiger partial charge in [0, 0.05) is 16.6 Å². The number of carbonyl (C=O) groups excluding carboxylic acids is 1. The Balaban J connectivity index is 1.69. The molecule has 3 aromatic rings. The minimum absolute atomic E-state index is 0.0775. The van der Waals surface area contributed by atoms with Gasteiger partial charge in [-0.1, -0.05) is 30.7 Å². The Kier molecular flexibility index (Phi) is 4.76. The van der Waals surface area contributed by atoms with E-state index >= 15 is 0 Å². The van der Waals surface area contributed by atoms with Crippen LogP contribution in [-0.4, -0.2) is 29.0 Å². The lowest BCUT2D eigenvalue weighted by Gasteiger charge is -2.35. The molecule has 1 fully saturated rings. The summed E-state index contributed by atoms with van der Waals surface area (Å²) in [7, 11) is 0. The number of nitrogens with one attached hydrogen (secondary N) is 3. The fourth-order valence-electron chi connectivity index (χ4n) is 3.37. The number of fused-ring (bicyclic) bond motifs is 1. The van der Waals surface area contributed by atoms with Gasteiger partial charge in [-0.3, -0.25) is 4.79 Å². The second kappa shape index (κ2) is 7.21. The van der Waals surface area contributed by atoms with Crippen LogP contribution in [0.1, 0.15) is 12.5 Å². The third-order valence-corrected chi connectivity index (χ3v) is 5.49. The van der Waals surface area contributed by atoms with Crippen LogP contribution in [0.2, 0.25) is 5.02 Å². The Morgan fingerprint density at radius 3 is 2.52 bits per heavy atom. The molecule has 2 heterocycles. The van der Waals surface area contributed by atoms with Crippen molar-refractivity contribution in [1.82, 2.24) is 15.3 Å². The van der Waals surface area contributed by atoms with Crippen molar-refractivity contribution in [1.29, 1.82) is 0 Å². The summed E-state index contributed by atoms with van der Waals surface area (Å²) in [4.78, 5) is 32.1. The Morgan fingerprint density at radius 2 is 1.85 bits per heavy atom. The number of aromatic amines is 2. The molecule has 140 valence electrons. The van der Waals surface area contributed by atoms with Gasteiger partial charge in [-0.25, -0.2) is 4.79 Å². The molecule has 1 unspecified atom stereocenters. The maximum atomic E-state index is 13.3. The number of aromatic nitrogens is 2. The van der Waals surface area contributed by atoms with E-state index in [9.17, 15) is 9.59 Å². The summed E-state index contributed by atoms with van der Waals surface area (Å²) in [5.41, 5.74) is 2.90. The first-order chi connectivity index (χ1) is 13.0. The average Bonchev–Trinajstić information content (AvgIpc) is 2.98. The van der Waals surface area contributed by atoms with Gasteiger partial charge in [0.05, 0.1) is 17.6 Å². The highest BCUT2D eigenvalue weighted by atomic mass is 35.5. The number of rotatable bonds is 5. The highest BCUT2D eigenvalue weighted by Crippen LogP contribution is 2.26. The molecule has 0 aliphatic carbocycles. The second-order valence-electron chi connectivity index (χ2n) is 7.07. The van der Waals surface area contributed by atoms with E-state index < -0.39 is 0 Å². The number of amides is 1. The quantitative estimate of drug-likeness (QED) is 0.632. The molecule has 1 saturated heterocycles. The number of nitrogens with zero attached hydrogens (tertiary/aromatic N) is 1. The number of imidazole rings is 1. The molecule has 7 heteroatoms. The first-order valence-corrected chi connectivity index (χ1v) is 9.37. The van der Waals surface area contributed by atoms with Gasteiger partial charge in [0.25, 0.3) is 0 Å². The Hall–Kier alpha value is -2.57. The van der Waals surface area contributed by atoms with Crippen molar-refractivity contribution in [3.8, 4) is 0 Å². The number of halogens is 1. The molecule has 1 amide bonds. The summed E-state index contributed by atoms with van der Waals surface area (Å²) < 4.78 is 0. The smallest absolute Gasteiger partial charge is 0.316 e. The highest BCUT2D eigenvalue weighted by Gasteiger charge is 2.32. The van der Waals surface area contributed by atoms with Crippen LogP contribution in [0.15, 0.2) is 47.3 Å². The summed E-state index contributed by atoms with van der Waals surface area (Å²) in [6, 6.07) is 13.0. The van der Waals surface area contributed by atoms with Crippen LogP contribution in [-0.2, 0) is 11.3 Å². The number of anilines is 1. The van der Waals surface area contributed by atoms with Gasteiger partial charge >= 0.3 is 5.69 Å². The van der Waals surface area contributed by atoms with Crippen LogP contribution in [0.25, 0.3) is 11.0 Å². The third kappa shape index (κ3) is 3.63. The topological polar surface area (TPSA) is 81.0 Å². The van der Waals surface area contributed by atoms with E-state index in [-0.39, 0.29) is 17.5 Å². The molecule has 1 atom stereocenters. The molecule has 4 rings (SSSR count). The lowest BCUT2D eigenvalue weighted by atomic mass is 9.87. The van der Waals surface area contributed by atoms with Gasteiger partial charge in [0.15, 0.2) is 0 Å². The van der Waals surface area contributed by atoms with Crippen molar-refractivity contribution in [2.45, 2.75) is 13.5 Å². The fourth-order valence-corrected chi connectivity index (χ4v) is 3.50. The van der Waals surface area contributed by atoms with Crippen LogP contribution in [0.5, 0.6) is 0 Å². The molecule has 0 saturated carbocycles. The zero-order valence-electron chi connectivity index (χ0n) is 15.0. The van der Waals surface area contributed by atoms with Crippen molar-refractivity contribution < 1.29 is 4.79 Å². The Bertz CT molecular complexity index is 1020. The van der Waals surface area contributed by atoms with Crippen LogP contribution in [0, 0.1) is 11.8 Å². The molecule has 0 bridgehead atoms. The van der Waals surface area contributed by atoms with E-state index in [0.717, 1.165) is 29.9 Å². The first kappa shape index (κ1) is 17.8. The van der Waals surface area contributed by atoms with Crippen LogP contribution in [0.3, 0.4) is 0 Å². The molecule has 3 N–H and O–H groups in total. The lowest BCUT2D eigenvalue weighted by Crippen LogP contribution is -2.50. The van der Waals surface area contributed by atoms with Crippen molar-refractivity contribution in [3.63, 3.8) is 0 Å². The van der Waals surface area contributed by atoms with E-state index in [0.29, 0.717) is 23.0 Å². The highest BCUT2D eigenvalue weighted by molar-refractivity contribution is 6.30. The number of hydrogen-bond donors (Lipinski definition) is 3.